The molecule has 1 aromatic carbocycles. The Bertz CT molecular complexity index is 1290. The van der Waals surface area contributed by atoms with Crippen molar-refractivity contribution in [3.8, 4) is 11.3 Å². The second-order valence-corrected chi connectivity index (χ2v) is 9.96. The monoisotopic (exact) mass is 458 g/mol. The lowest BCUT2D eigenvalue weighted by Crippen LogP contribution is -2.32. The van der Waals surface area contributed by atoms with Gasteiger partial charge in [-0.2, -0.15) is 0 Å². The van der Waals surface area contributed by atoms with Gasteiger partial charge in [0.15, 0.2) is 5.65 Å². The number of nitrogens with zero attached hydrogens (tertiary/aromatic N) is 3. The van der Waals surface area contributed by atoms with Gasteiger partial charge in [-0.3, -0.25) is 9.13 Å². The van der Waals surface area contributed by atoms with Crippen LogP contribution in [0.1, 0.15) is 39.7 Å². The number of pyridine rings is 1. The minimum atomic E-state index is -2.75. The van der Waals surface area contributed by atoms with Gasteiger partial charge in [0.25, 0.3) is 5.92 Å². The third-order valence-corrected chi connectivity index (χ3v) is 5.92. The highest BCUT2D eigenvalue weighted by Crippen LogP contribution is 2.61. The molecule has 0 radical (unpaired) electrons. The highest BCUT2D eigenvalue weighted by Gasteiger charge is 2.68. The highest BCUT2D eigenvalue weighted by molar-refractivity contribution is 5.76. The maximum absolute atomic E-state index is 13.7. The van der Waals surface area contributed by atoms with Crippen LogP contribution >= 0.6 is 0 Å². The van der Waals surface area contributed by atoms with E-state index in [4.69, 9.17) is 4.74 Å². The molecule has 1 aliphatic carbocycles. The molecular weight excluding hydrogens is 430 g/mol. The standard InChI is InChI=1S/C24H28F2N4O3/c1-22(2,3)33-20(31)27-12-15-7-6-8-16(11-15)17-9-10-18-19(28-17)29(5)21(32)30(18)14-23(4)13-24(23,25)26/h6-11H,12-14H2,1-5H3,(H,27,31)/t23-/m1/s1. The van der Waals surface area contributed by atoms with E-state index in [1.54, 1.807) is 40.0 Å². The van der Waals surface area contributed by atoms with Gasteiger partial charge in [0, 0.05) is 32.1 Å². The number of hydrogen-bond acceptors (Lipinski definition) is 4. The van der Waals surface area contributed by atoms with Gasteiger partial charge in [-0.1, -0.05) is 25.1 Å². The van der Waals surface area contributed by atoms with E-state index in [0.29, 0.717) is 16.9 Å². The van der Waals surface area contributed by atoms with Crippen molar-refractivity contribution in [2.45, 2.75) is 58.7 Å². The number of ether oxygens (including phenoxy) is 1. The van der Waals surface area contributed by atoms with Crippen LogP contribution in [0.25, 0.3) is 22.4 Å². The number of hydrogen-bond donors (Lipinski definition) is 1. The van der Waals surface area contributed by atoms with Crippen LogP contribution in [0.4, 0.5) is 13.6 Å². The van der Waals surface area contributed by atoms with Crippen LogP contribution in [-0.2, 0) is 24.9 Å². The van der Waals surface area contributed by atoms with Crippen LogP contribution in [-0.4, -0.2) is 31.7 Å². The van der Waals surface area contributed by atoms with Crippen molar-refractivity contribution in [1.29, 1.82) is 0 Å². The number of fused-ring (bicyclic) bond motifs is 1. The topological polar surface area (TPSA) is 78.2 Å². The summed E-state index contributed by atoms with van der Waals surface area (Å²) in [7, 11) is 1.59. The number of carbonyl (C=O) groups excluding carboxylic acids is 1. The zero-order valence-corrected chi connectivity index (χ0v) is 19.4. The smallest absolute Gasteiger partial charge is 0.407 e. The van der Waals surface area contributed by atoms with Gasteiger partial charge in [0.2, 0.25) is 0 Å². The van der Waals surface area contributed by atoms with Crippen LogP contribution in [0.2, 0.25) is 0 Å². The zero-order valence-electron chi connectivity index (χ0n) is 19.4. The first kappa shape index (κ1) is 22.9. The van der Waals surface area contributed by atoms with E-state index in [-0.39, 0.29) is 25.2 Å². The highest BCUT2D eigenvalue weighted by atomic mass is 19.3. The van der Waals surface area contributed by atoms with Crippen molar-refractivity contribution in [2.24, 2.45) is 12.5 Å². The molecule has 1 amide bonds. The Morgan fingerprint density at radius 2 is 1.94 bits per heavy atom. The Balaban J connectivity index is 1.58. The van der Waals surface area contributed by atoms with Crippen LogP contribution in [0, 0.1) is 5.41 Å². The maximum Gasteiger partial charge on any atom is 0.407 e. The molecule has 0 unspecified atom stereocenters. The number of alkyl carbamates (subject to hydrolysis) is 1. The predicted molar refractivity (Wildman–Crippen MR) is 121 cm³/mol. The van der Waals surface area contributed by atoms with E-state index in [0.717, 1.165) is 11.1 Å². The molecule has 33 heavy (non-hydrogen) atoms. The summed E-state index contributed by atoms with van der Waals surface area (Å²) in [6, 6.07) is 11.0. The van der Waals surface area contributed by atoms with Gasteiger partial charge in [-0.25, -0.2) is 23.4 Å². The molecule has 0 bridgehead atoms. The number of aryl methyl sites for hydroxylation is 1. The summed E-state index contributed by atoms with van der Waals surface area (Å²) in [5, 5.41) is 2.73. The summed E-state index contributed by atoms with van der Waals surface area (Å²) in [6.45, 7) is 7.12. The second kappa shape index (κ2) is 7.67. The van der Waals surface area contributed by atoms with E-state index in [1.807, 2.05) is 24.3 Å². The Hall–Kier alpha value is -3.23. The summed E-state index contributed by atoms with van der Waals surface area (Å²) < 4.78 is 35.5. The lowest BCUT2D eigenvalue weighted by molar-refractivity contribution is 0.0523. The molecule has 176 valence electrons. The van der Waals surface area contributed by atoms with Crippen LogP contribution in [0.15, 0.2) is 41.2 Å². The SMILES string of the molecule is Cn1c(=O)n(C[C@@]2(C)CC2(F)F)c2ccc(-c3cccc(CNC(=O)OC(C)(C)C)c3)nc21. The molecular formula is C24H28F2N4O3. The van der Waals surface area contributed by atoms with Crippen molar-refractivity contribution in [1.82, 2.24) is 19.4 Å². The fraction of sp³-hybridized carbons (Fsp3) is 0.458. The average molecular weight is 459 g/mol. The number of amides is 1. The second-order valence-electron chi connectivity index (χ2n) is 9.96. The van der Waals surface area contributed by atoms with Crippen LogP contribution < -0.4 is 11.0 Å². The number of nitrogens with one attached hydrogen (secondary N) is 1. The molecule has 7 nitrogen and oxygen atoms in total. The molecule has 0 saturated heterocycles. The molecule has 0 aliphatic heterocycles. The first-order valence-electron chi connectivity index (χ1n) is 10.8. The molecule has 3 aromatic rings. The predicted octanol–water partition coefficient (Wildman–Crippen LogP) is 4.47. The fourth-order valence-electron chi connectivity index (χ4n) is 3.88. The van der Waals surface area contributed by atoms with Crippen molar-refractivity contribution in [3.63, 3.8) is 0 Å². The first-order chi connectivity index (χ1) is 15.3. The summed E-state index contributed by atoms with van der Waals surface area (Å²) in [4.78, 5) is 29.3. The summed E-state index contributed by atoms with van der Waals surface area (Å²) in [6.07, 6.45) is -0.725. The molecule has 1 atom stereocenters. The number of aromatic nitrogens is 3. The Morgan fingerprint density at radius 1 is 1.24 bits per heavy atom. The minimum absolute atomic E-state index is 0.0526. The summed E-state index contributed by atoms with van der Waals surface area (Å²) in [5.41, 5.74) is 1.10. The Labute approximate surface area is 190 Å². The van der Waals surface area contributed by atoms with Gasteiger partial charge < -0.3 is 10.1 Å². The zero-order chi connectivity index (χ0) is 24.2. The molecule has 9 heteroatoms. The summed E-state index contributed by atoms with van der Waals surface area (Å²) in [5.74, 6) is -2.75. The number of alkyl halides is 2. The van der Waals surface area contributed by atoms with E-state index in [1.165, 1.54) is 16.1 Å². The van der Waals surface area contributed by atoms with E-state index in [2.05, 4.69) is 10.3 Å². The number of rotatable bonds is 5. The molecule has 4 rings (SSSR count). The number of benzene rings is 1. The fourth-order valence-corrected chi connectivity index (χ4v) is 3.88. The molecule has 2 aromatic heterocycles. The molecule has 1 saturated carbocycles. The molecule has 1 fully saturated rings. The normalized spacial score (nSPS) is 19.5. The number of carbonyl (C=O) groups is 1. The van der Waals surface area contributed by atoms with Gasteiger partial charge in [-0.05, 0) is 44.5 Å². The molecule has 2 heterocycles. The van der Waals surface area contributed by atoms with E-state index >= 15 is 0 Å². The molecule has 1 N–H and O–H groups in total. The lowest BCUT2D eigenvalue weighted by Gasteiger charge is -2.19. The van der Waals surface area contributed by atoms with Crippen LogP contribution in [0.3, 0.4) is 0 Å². The maximum atomic E-state index is 13.7. The van der Waals surface area contributed by atoms with Crippen LogP contribution in [0.5, 0.6) is 0 Å². The van der Waals surface area contributed by atoms with Gasteiger partial charge in [0.1, 0.15) is 5.60 Å². The Morgan fingerprint density at radius 3 is 2.58 bits per heavy atom. The average Bonchev–Trinajstić information content (AvgIpc) is 3.15. The Kier molecular flexibility index (Phi) is 5.34. The largest absolute Gasteiger partial charge is 0.444 e. The van der Waals surface area contributed by atoms with Crippen molar-refractivity contribution in [2.75, 3.05) is 0 Å². The molecule has 1 aliphatic rings. The van der Waals surface area contributed by atoms with E-state index in [9.17, 15) is 18.4 Å². The quantitative estimate of drug-likeness (QED) is 0.612. The molecule has 0 spiro atoms. The number of imidazole rings is 1. The van der Waals surface area contributed by atoms with Gasteiger partial charge in [-0.15, -0.1) is 0 Å². The number of halogens is 2. The lowest BCUT2D eigenvalue weighted by atomic mass is 10.1. The first-order valence-corrected chi connectivity index (χ1v) is 10.8. The van der Waals surface area contributed by atoms with Crippen molar-refractivity contribution in [3.05, 3.63) is 52.4 Å². The summed E-state index contributed by atoms with van der Waals surface area (Å²) >= 11 is 0. The van der Waals surface area contributed by atoms with Crippen molar-refractivity contribution < 1.29 is 18.3 Å². The minimum Gasteiger partial charge on any atom is -0.444 e. The van der Waals surface area contributed by atoms with Crippen molar-refractivity contribution >= 4 is 17.3 Å². The van der Waals surface area contributed by atoms with Gasteiger partial charge in [0.05, 0.1) is 16.6 Å². The third-order valence-electron chi connectivity index (χ3n) is 5.92. The van der Waals surface area contributed by atoms with Gasteiger partial charge >= 0.3 is 11.8 Å². The third kappa shape index (κ3) is 4.49. The van der Waals surface area contributed by atoms with E-state index < -0.39 is 23.0 Å².